The zero-order valence-electron chi connectivity index (χ0n) is 10.4. The molecule has 0 aliphatic rings. The van der Waals surface area contributed by atoms with E-state index >= 15 is 0 Å². The molecule has 1 rings (SSSR count). The van der Waals surface area contributed by atoms with E-state index in [9.17, 15) is 13.2 Å². The van der Waals surface area contributed by atoms with Crippen molar-refractivity contribution < 1.29 is 23.1 Å². The van der Waals surface area contributed by atoms with Gasteiger partial charge in [0.25, 0.3) is 0 Å². The van der Waals surface area contributed by atoms with Crippen LogP contribution in [0.1, 0.15) is 5.56 Å². The number of ether oxygens (including phenoxy) is 1. The molecule has 0 radical (unpaired) electrons. The molecule has 0 aliphatic carbocycles. The number of rotatable bonds is 5. The maximum absolute atomic E-state index is 12.1. The molecule has 19 heavy (non-hydrogen) atoms. The Morgan fingerprint density at radius 2 is 2.16 bits per heavy atom. The minimum atomic E-state index is -3.93. The second kappa shape index (κ2) is 6.47. The molecule has 1 atom stereocenters. The predicted molar refractivity (Wildman–Crippen MR) is 72.1 cm³/mol. The molecular weight excluding hydrogens is 338 g/mol. The van der Waals surface area contributed by atoms with Gasteiger partial charge in [0.2, 0.25) is 10.0 Å². The van der Waals surface area contributed by atoms with Gasteiger partial charge < -0.3 is 9.84 Å². The van der Waals surface area contributed by atoms with Crippen LogP contribution >= 0.6 is 15.9 Å². The Labute approximate surface area is 120 Å². The number of aliphatic hydroxyl groups is 1. The van der Waals surface area contributed by atoms with Crippen LogP contribution in [-0.2, 0) is 19.6 Å². The monoisotopic (exact) mass is 351 g/mol. The third-order valence-electron chi connectivity index (χ3n) is 2.34. The first kappa shape index (κ1) is 16.1. The third kappa shape index (κ3) is 4.00. The topological polar surface area (TPSA) is 92.7 Å². The van der Waals surface area contributed by atoms with Gasteiger partial charge in [-0.05, 0) is 40.5 Å². The van der Waals surface area contributed by atoms with Gasteiger partial charge in [-0.3, -0.25) is 4.79 Å². The predicted octanol–water partition coefficient (Wildman–Crippen LogP) is 0.570. The number of halogens is 1. The minimum absolute atomic E-state index is 0.0135. The molecule has 2 N–H and O–H groups in total. The van der Waals surface area contributed by atoms with Crippen molar-refractivity contribution in [1.82, 2.24) is 4.72 Å². The lowest BCUT2D eigenvalue weighted by Gasteiger charge is -2.15. The molecule has 0 saturated carbocycles. The highest BCUT2D eigenvalue weighted by atomic mass is 79.9. The first-order valence-corrected chi connectivity index (χ1v) is 7.56. The Kier molecular flexibility index (Phi) is 5.48. The van der Waals surface area contributed by atoms with Gasteiger partial charge in [-0.1, -0.05) is 6.07 Å². The van der Waals surface area contributed by atoms with Crippen molar-refractivity contribution >= 4 is 31.9 Å². The number of carbonyl (C=O) groups is 1. The lowest BCUT2D eigenvalue weighted by atomic mass is 10.2. The number of sulfonamides is 1. The molecule has 0 aromatic heterocycles. The molecule has 0 saturated heterocycles. The summed E-state index contributed by atoms with van der Waals surface area (Å²) in [5.74, 6) is -0.852. The quantitative estimate of drug-likeness (QED) is 0.756. The Morgan fingerprint density at radius 3 is 2.63 bits per heavy atom. The first-order chi connectivity index (χ1) is 8.81. The third-order valence-corrected chi connectivity index (χ3v) is 4.79. The highest BCUT2D eigenvalue weighted by Gasteiger charge is 2.27. The van der Waals surface area contributed by atoms with E-state index < -0.39 is 28.6 Å². The van der Waals surface area contributed by atoms with E-state index in [0.717, 1.165) is 12.7 Å². The molecule has 0 heterocycles. The first-order valence-electron chi connectivity index (χ1n) is 5.29. The Bertz CT molecular complexity index is 572. The molecule has 6 nitrogen and oxygen atoms in total. The summed E-state index contributed by atoms with van der Waals surface area (Å²) in [4.78, 5) is 11.3. The molecule has 0 bridgehead atoms. The van der Waals surface area contributed by atoms with Crippen molar-refractivity contribution in [3.05, 3.63) is 28.2 Å². The van der Waals surface area contributed by atoms with Gasteiger partial charge in [-0.15, -0.1) is 0 Å². The van der Waals surface area contributed by atoms with Crippen molar-refractivity contribution in [3.63, 3.8) is 0 Å². The van der Waals surface area contributed by atoms with Crippen LogP contribution in [0.3, 0.4) is 0 Å². The van der Waals surface area contributed by atoms with Crippen molar-refractivity contribution in [2.75, 3.05) is 13.7 Å². The van der Waals surface area contributed by atoms with Crippen molar-refractivity contribution in [2.45, 2.75) is 17.9 Å². The van der Waals surface area contributed by atoms with E-state index in [-0.39, 0.29) is 4.90 Å². The average molecular weight is 352 g/mol. The molecule has 1 aromatic rings. The number of benzene rings is 1. The van der Waals surface area contributed by atoms with E-state index in [2.05, 4.69) is 25.4 Å². The van der Waals surface area contributed by atoms with Gasteiger partial charge in [-0.2, -0.15) is 4.72 Å². The van der Waals surface area contributed by atoms with E-state index in [1.807, 2.05) is 6.92 Å². The second-order valence-electron chi connectivity index (χ2n) is 3.81. The van der Waals surface area contributed by atoms with Crippen LogP contribution < -0.4 is 4.72 Å². The molecule has 0 aliphatic heterocycles. The largest absolute Gasteiger partial charge is 0.468 e. The molecule has 0 amide bonds. The zero-order valence-corrected chi connectivity index (χ0v) is 12.8. The summed E-state index contributed by atoms with van der Waals surface area (Å²) < 4.78 is 31.0. The number of esters is 1. The summed E-state index contributed by atoms with van der Waals surface area (Å²) in [6, 6.07) is 3.35. The van der Waals surface area contributed by atoms with E-state index in [0.29, 0.717) is 4.47 Å². The summed E-state index contributed by atoms with van der Waals surface area (Å²) in [7, 11) is -2.82. The fourth-order valence-electron chi connectivity index (χ4n) is 1.38. The number of hydrogen-bond donors (Lipinski definition) is 2. The summed E-state index contributed by atoms with van der Waals surface area (Å²) in [6.45, 7) is 1.13. The van der Waals surface area contributed by atoms with Gasteiger partial charge in [-0.25, -0.2) is 8.42 Å². The van der Waals surface area contributed by atoms with E-state index in [1.165, 1.54) is 6.07 Å². The van der Waals surface area contributed by atoms with Crippen molar-refractivity contribution in [1.29, 1.82) is 0 Å². The zero-order chi connectivity index (χ0) is 14.6. The van der Waals surface area contributed by atoms with Crippen LogP contribution in [0.2, 0.25) is 0 Å². The Hall–Kier alpha value is -0.960. The normalized spacial score (nSPS) is 13.1. The SMILES string of the molecule is COC(=O)C(CO)NS(=O)(=O)c1ccc(C)cc1Br. The lowest BCUT2D eigenvalue weighted by Crippen LogP contribution is -2.44. The molecule has 106 valence electrons. The van der Waals surface area contributed by atoms with Crippen LogP contribution in [0, 0.1) is 6.92 Å². The van der Waals surface area contributed by atoms with Crippen LogP contribution in [0.25, 0.3) is 0 Å². The van der Waals surface area contributed by atoms with Gasteiger partial charge >= 0.3 is 5.97 Å². The highest BCUT2D eigenvalue weighted by molar-refractivity contribution is 9.10. The average Bonchev–Trinajstić information content (AvgIpc) is 2.34. The number of aliphatic hydroxyl groups excluding tert-OH is 1. The van der Waals surface area contributed by atoms with E-state index in [4.69, 9.17) is 5.11 Å². The maximum Gasteiger partial charge on any atom is 0.326 e. The molecule has 0 fully saturated rings. The highest BCUT2D eigenvalue weighted by Crippen LogP contribution is 2.23. The second-order valence-corrected chi connectivity index (χ2v) is 6.35. The van der Waals surface area contributed by atoms with Gasteiger partial charge in [0.1, 0.15) is 6.04 Å². The summed E-state index contributed by atoms with van der Waals surface area (Å²) >= 11 is 3.15. The Balaban J connectivity index is 3.07. The fraction of sp³-hybridized carbons (Fsp3) is 0.364. The number of hydrogen-bond acceptors (Lipinski definition) is 5. The number of nitrogens with one attached hydrogen (secondary N) is 1. The molecular formula is C11H14BrNO5S. The molecule has 1 unspecified atom stereocenters. The number of methoxy groups -OCH3 is 1. The summed E-state index contributed by atoms with van der Waals surface area (Å²) in [5.41, 5.74) is 0.887. The molecule has 8 heteroatoms. The van der Waals surface area contributed by atoms with Crippen molar-refractivity contribution in [3.8, 4) is 0 Å². The molecule has 0 spiro atoms. The summed E-state index contributed by atoms with van der Waals surface area (Å²) in [5, 5.41) is 9.01. The summed E-state index contributed by atoms with van der Waals surface area (Å²) in [6.07, 6.45) is 0. The van der Waals surface area contributed by atoms with Gasteiger partial charge in [0, 0.05) is 4.47 Å². The van der Waals surface area contributed by atoms with Crippen LogP contribution in [0.15, 0.2) is 27.6 Å². The molecule has 1 aromatic carbocycles. The lowest BCUT2D eigenvalue weighted by molar-refractivity contribution is -0.143. The van der Waals surface area contributed by atoms with Crippen LogP contribution in [-0.4, -0.2) is 39.3 Å². The van der Waals surface area contributed by atoms with E-state index in [1.54, 1.807) is 12.1 Å². The standard InChI is InChI=1S/C11H14BrNO5S/c1-7-3-4-10(8(12)5-7)19(16,17)13-9(6-14)11(15)18-2/h3-5,9,13-14H,6H2,1-2H3. The maximum atomic E-state index is 12.1. The smallest absolute Gasteiger partial charge is 0.326 e. The van der Waals surface area contributed by atoms with Gasteiger partial charge in [0.15, 0.2) is 0 Å². The minimum Gasteiger partial charge on any atom is -0.468 e. The fourth-order valence-corrected chi connectivity index (χ4v) is 3.74. The van der Waals surface area contributed by atoms with Crippen LogP contribution in [0.4, 0.5) is 0 Å². The van der Waals surface area contributed by atoms with Gasteiger partial charge in [0.05, 0.1) is 18.6 Å². The Morgan fingerprint density at radius 1 is 1.53 bits per heavy atom. The number of carbonyl (C=O) groups excluding carboxylic acids is 1. The number of aryl methyl sites for hydroxylation is 1. The van der Waals surface area contributed by atoms with Crippen LogP contribution in [0.5, 0.6) is 0 Å². The van der Waals surface area contributed by atoms with Crippen molar-refractivity contribution in [2.24, 2.45) is 0 Å².